The van der Waals surface area contributed by atoms with E-state index >= 15 is 0 Å². The molecule has 0 aliphatic heterocycles. The van der Waals surface area contributed by atoms with Crippen LogP contribution in [0.15, 0.2) is 54.6 Å². The molecule has 1 amide bonds. The Kier molecular flexibility index (Phi) is 8.53. The lowest BCUT2D eigenvalue weighted by atomic mass is 10.1. The van der Waals surface area contributed by atoms with E-state index in [1.807, 2.05) is 61.5 Å². The van der Waals surface area contributed by atoms with Crippen LogP contribution in [0.1, 0.15) is 51.1 Å². The minimum absolute atomic E-state index is 0.0108. The van der Waals surface area contributed by atoms with Gasteiger partial charge in [-0.05, 0) is 31.0 Å². The van der Waals surface area contributed by atoms with Crippen molar-refractivity contribution in [2.24, 2.45) is 0 Å². The Balaban J connectivity index is 1.74. The predicted molar refractivity (Wildman–Crippen MR) is 108 cm³/mol. The maximum absolute atomic E-state index is 12.2. The van der Waals surface area contributed by atoms with Crippen LogP contribution >= 0.6 is 0 Å². The van der Waals surface area contributed by atoms with Gasteiger partial charge in [0.1, 0.15) is 5.75 Å². The summed E-state index contributed by atoms with van der Waals surface area (Å²) in [5, 5.41) is 6.16. The van der Waals surface area contributed by atoms with Crippen molar-refractivity contribution >= 4 is 11.6 Å². The minimum atomic E-state index is -0.0350. The average molecular weight is 354 g/mol. The summed E-state index contributed by atoms with van der Waals surface area (Å²) in [4.78, 5) is 12.2. The molecule has 26 heavy (non-hydrogen) atoms. The van der Waals surface area contributed by atoms with Gasteiger partial charge in [-0.2, -0.15) is 0 Å². The first-order chi connectivity index (χ1) is 12.7. The first-order valence-electron chi connectivity index (χ1n) is 9.50. The van der Waals surface area contributed by atoms with E-state index < -0.39 is 0 Å². The molecule has 0 fully saturated rings. The number of unbranched alkanes of at least 4 members (excludes halogenated alkanes) is 3. The molecule has 0 radical (unpaired) electrons. The van der Waals surface area contributed by atoms with Gasteiger partial charge in [-0.15, -0.1) is 0 Å². The van der Waals surface area contributed by atoms with E-state index in [0.29, 0.717) is 0 Å². The summed E-state index contributed by atoms with van der Waals surface area (Å²) in [6.45, 7) is 5.16. The van der Waals surface area contributed by atoms with Gasteiger partial charge >= 0.3 is 0 Å². The average Bonchev–Trinajstić information content (AvgIpc) is 2.67. The van der Waals surface area contributed by atoms with Crippen molar-refractivity contribution < 1.29 is 9.53 Å². The number of ether oxygens (including phenoxy) is 1. The van der Waals surface area contributed by atoms with E-state index in [1.165, 1.54) is 19.3 Å². The zero-order chi connectivity index (χ0) is 18.6. The van der Waals surface area contributed by atoms with E-state index in [0.717, 1.165) is 30.0 Å². The fourth-order valence-electron chi connectivity index (χ4n) is 2.71. The van der Waals surface area contributed by atoms with Crippen LogP contribution in [0, 0.1) is 0 Å². The molecule has 4 heteroatoms. The van der Waals surface area contributed by atoms with Gasteiger partial charge < -0.3 is 15.4 Å². The molecule has 1 unspecified atom stereocenters. The van der Waals surface area contributed by atoms with Crippen molar-refractivity contribution in [1.29, 1.82) is 0 Å². The van der Waals surface area contributed by atoms with E-state index in [2.05, 4.69) is 17.6 Å². The summed E-state index contributed by atoms with van der Waals surface area (Å²) >= 11 is 0. The number of hydrogen-bond acceptors (Lipinski definition) is 3. The minimum Gasteiger partial charge on any atom is -0.494 e. The smallest absolute Gasteiger partial charge is 0.239 e. The van der Waals surface area contributed by atoms with Crippen LogP contribution < -0.4 is 15.4 Å². The lowest BCUT2D eigenvalue weighted by molar-refractivity contribution is -0.120. The zero-order valence-electron chi connectivity index (χ0n) is 15.8. The van der Waals surface area contributed by atoms with Crippen LogP contribution in [0.25, 0.3) is 0 Å². The fourth-order valence-corrected chi connectivity index (χ4v) is 2.71. The van der Waals surface area contributed by atoms with E-state index in [9.17, 15) is 4.79 Å². The number of rotatable bonds is 11. The second-order valence-electron chi connectivity index (χ2n) is 6.49. The zero-order valence-corrected chi connectivity index (χ0v) is 15.8. The molecule has 140 valence electrons. The van der Waals surface area contributed by atoms with Crippen molar-refractivity contribution in [1.82, 2.24) is 5.32 Å². The normalized spacial score (nSPS) is 11.6. The highest BCUT2D eigenvalue weighted by molar-refractivity contribution is 5.81. The van der Waals surface area contributed by atoms with Gasteiger partial charge in [0.25, 0.3) is 0 Å². The highest BCUT2D eigenvalue weighted by Crippen LogP contribution is 2.18. The molecule has 1 atom stereocenters. The Morgan fingerprint density at radius 3 is 2.62 bits per heavy atom. The number of amides is 1. The summed E-state index contributed by atoms with van der Waals surface area (Å²) in [6.07, 6.45) is 4.76. The van der Waals surface area contributed by atoms with Gasteiger partial charge in [0.2, 0.25) is 5.91 Å². The van der Waals surface area contributed by atoms with Crippen molar-refractivity contribution in [3.63, 3.8) is 0 Å². The van der Waals surface area contributed by atoms with E-state index in [4.69, 9.17) is 4.74 Å². The molecule has 0 saturated carbocycles. The number of carbonyl (C=O) groups excluding carboxylic acids is 1. The van der Waals surface area contributed by atoms with Crippen LogP contribution in [-0.4, -0.2) is 19.1 Å². The van der Waals surface area contributed by atoms with Crippen molar-refractivity contribution in [2.75, 3.05) is 18.5 Å². The fraction of sp³-hybridized carbons (Fsp3) is 0.409. The molecule has 0 heterocycles. The Morgan fingerprint density at radius 1 is 1.04 bits per heavy atom. The summed E-state index contributed by atoms with van der Waals surface area (Å²) in [5.41, 5.74) is 1.98. The van der Waals surface area contributed by atoms with E-state index in [1.54, 1.807) is 0 Å². The first kappa shape index (κ1) is 19.8. The molecule has 0 aliphatic rings. The van der Waals surface area contributed by atoms with Crippen LogP contribution in [-0.2, 0) is 4.79 Å². The molecule has 0 bridgehead atoms. The van der Waals surface area contributed by atoms with E-state index in [-0.39, 0.29) is 18.5 Å². The Hall–Kier alpha value is -2.49. The Labute approximate surface area is 157 Å². The summed E-state index contributed by atoms with van der Waals surface area (Å²) in [5.74, 6) is 0.803. The molecular weight excluding hydrogens is 324 g/mol. The number of hydrogen-bond donors (Lipinski definition) is 2. The number of nitrogens with one attached hydrogen (secondary N) is 2. The third kappa shape index (κ3) is 7.18. The first-order valence-corrected chi connectivity index (χ1v) is 9.50. The van der Waals surface area contributed by atoms with Crippen LogP contribution in [0.5, 0.6) is 5.75 Å². The number of anilines is 1. The largest absolute Gasteiger partial charge is 0.494 e. The maximum atomic E-state index is 12.2. The molecular formula is C22H30N2O2. The summed E-state index contributed by atoms with van der Waals surface area (Å²) in [6, 6.07) is 17.7. The molecule has 2 aromatic carbocycles. The molecule has 2 aromatic rings. The van der Waals surface area contributed by atoms with Crippen molar-refractivity contribution in [3.8, 4) is 5.75 Å². The van der Waals surface area contributed by atoms with Gasteiger partial charge in [0, 0.05) is 11.8 Å². The van der Waals surface area contributed by atoms with Crippen LogP contribution in [0.3, 0.4) is 0 Å². The van der Waals surface area contributed by atoms with Gasteiger partial charge in [-0.25, -0.2) is 0 Å². The topological polar surface area (TPSA) is 50.4 Å². The molecule has 2 N–H and O–H groups in total. The van der Waals surface area contributed by atoms with Gasteiger partial charge in [-0.1, -0.05) is 62.6 Å². The second-order valence-corrected chi connectivity index (χ2v) is 6.49. The molecule has 0 saturated heterocycles. The number of benzene rings is 2. The standard InChI is InChI=1S/C22H30N2O2/c1-3-4-5-9-15-26-21-14-10-13-20(16-21)23-17-22(25)24-18(2)19-11-7-6-8-12-19/h6-8,10-14,16,18,23H,3-5,9,15,17H2,1-2H3,(H,24,25). The quantitative estimate of drug-likeness (QED) is 0.562. The second kappa shape index (κ2) is 11.2. The van der Waals surface area contributed by atoms with Crippen LogP contribution in [0.4, 0.5) is 5.69 Å². The maximum Gasteiger partial charge on any atom is 0.239 e. The Bertz CT molecular complexity index is 658. The van der Waals surface area contributed by atoms with Crippen molar-refractivity contribution in [3.05, 3.63) is 60.2 Å². The molecule has 4 nitrogen and oxygen atoms in total. The lowest BCUT2D eigenvalue weighted by Gasteiger charge is -2.15. The van der Waals surface area contributed by atoms with Crippen LogP contribution in [0.2, 0.25) is 0 Å². The van der Waals surface area contributed by atoms with Gasteiger partial charge in [0.05, 0.1) is 19.2 Å². The monoisotopic (exact) mass is 354 g/mol. The number of carbonyl (C=O) groups is 1. The van der Waals surface area contributed by atoms with Crippen molar-refractivity contribution in [2.45, 2.75) is 45.6 Å². The molecule has 0 spiro atoms. The molecule has 0 aliphatic carbocycles. The lowest BCUT2D eigenvalue weighted by Crippen LogP contribution is -2.32. The Morgan fingerprint density at radius 2 is 1.85 bits per heavy atom. The molecule has 0 aromatic heterocycles. The highest BCUT2D eigenvalue weighted by Gasteiger charge is 2.09. The highest BCUT2D eigenvalue weighted by atomic mass is 16.5. The SMILES string of the molecule is CCCCCCOc1cccc(NCC(=O)NC(C)c2ccccc2)c1. The predicted octanol–water partition coefficient (Wildman–Crippen LogP) is 4.94. The third-order valence-electron chi connectivity index (χ3n) is 4.23. The van der Waals surface area contributed by atoms with Gasteiger partial charge in [-0.3, -0.25) is 4.79 Å². The molecule has 2 rings (SSSR count). The summed E-state index contributed by atoms with van der Waals surface area (Å²) < 4.78 is 5.78. The summed E-state index contributed by atoms with van der Waals surface area (Å²) in [7, 11) is 0. The third-order valence-corrected chi connectivity index (χ3v) is 4.23. The van der Waals surface area contributed by atoms with Gasteiger partial charge in [0.15, 0.2) is 0 Å².